The molecule has 0 bridgehead atoms. The number of carbonyl (C=O) groups is 3. The van der Waals surface area contributed by atoms with Gasteiger partial charge in [0.1, 0.15) is 12.1 Å². The number of halogens is 1. The number of imide groups is 1. The van der Waals surface area contributed by atoms with Crippen LogP contribution in [0.25, 0.3) is 17.0 Å². The highest BCUT2D eigenvalue weighted by Gasteiger charge is 2.36. The van der Waals surface area contributed by atoms with E-state index in [0.29, 0.717) is 21.9 Å². The van der Waals surface area contributed by atoms with Crippen molar-refractivity contribution in [3.63, 3.8) is 0 Å². The summed E-state index contributed by atoms with van der Waals surface area (Å²) in [5, 5.41) is 3.40. The largest absolute Gasteiger partial charge is 0.423 e. The second-order valence-electron chi connectivity index (χ2n) is 6.83. The molecule has 1 aromatic heterocycles. The van der Waals surface area contributed by atoms with Gasteiger partial charge in [0.25, 0.3) is 11.1 Å². The quantitative estimate of drug-likeness (QED) is 0.462. The van der Waals surface area contributed by atoms with E-state index >= 15 is 0 Å². The maximum absolute atomic E-state index is 12.6. The number of anilines is 1. The molecule has 9 heteroatoms. The summed E-state index contributed by atoms with van der Waals surface area (Å²) in [5.41, 5.74) is 1.70. The molecule has 4 rings (SSSR count). The van der Waals surface area contributed by atoms with Crippen molar-refractivity contribution < 1.29 is 18.8 Å². The zero-order valence-corrected chi connectivity index (χ0v) is 17.8. The van der Waals surface area contributed by atoms with E-state index in [1.54, 1.807) is 49.4 Å². The molecule has 1 aliphatic heterocycles. The summed E-state index contributed by atoms with van der Waals surface area (Å²) >= 11 is 6.62. The van der Waals surface area contributed by atoms with Crippen molar-refractivity contribution in [2.24, 2.45) is 0 Å². The van der Waals surface area contributed by atoms with E-state index in [4.69, 9.17) is 16.0 Å². The van der Waals surface area contributed by atoms with Gasteiger partial charge in [-0.05, 0) is 60.2 Å². The van der Waals surface area contributed by atoms with Gasteiger partial charge in [-0.15, -0.1) is 0 Å². The molecule has 31 heavy (non-hydrogen) atoms. The second kappa shape index (κ2) is 8.41. The number of nitrogens with one attached hydrogen (secondary N) is 1. The number of amides is 3. The van der Waals surface area contributed by atoms with Crippen LogP contribution in [0.2, 0.25) is 5.02 Å². The number of thioether (sulfide) groups is 1. The number of aryl methyl sites for hydroxylation is 1. The van der Waals surface area contributed by atoms with Crippen LogP contribution < -0.4 is 10.9 Å². The minimum atomic E-state index is -0.551. The highest BCUT2D eigenvalue weighted by Crippen LogP contribution is 2.32. The Morgan fingerprint density at radius 2 is 1.87 bits per heavy atom. The van der Waals surface area contributed by atoms with Crippen LogP contribution in [0, 0.1) is 6.92 Å². The van der Waals surface area contributed by atoms with E-state index in [1.807, 2.05) is 0 Å². The highest BCUT2D eigenvalue weighted by atomic mass is 35.5. The standard InChI is InChI=1S/C22H15ClN2O5S/c1-12-8-20(27)30-17-10-15(6-7-16(12)17)24-19(26)11-25-21(28)18(31-22(25)29)9-13-2-4-14(23)5-3-13/h2-10H,11H2,1H3,(H,24,26)/b18-9-. The average molecular weight is 455 g/mol. The molecule has 0 spiro atoms. The summed E-state index contributed by atoms with van der Waals surface area (Å²) in [6.07, 6.45) is 1.58. The van der Waals surface area contributed by atoms with Crippen molar-refractivity contribution in [3.8, 4) is 0 Å². The lowest BCUT2D eigenvalue weighted by Gasteiger charge is -2.12. The molecule has 0 unspecified atom stereocenters. The third kappa shape index (κ3) is 4.55. The van der Waals surface area contributed by atoms with Gasteiger partial charge in [-0.1, -0.05) is 23.7 Å². The summed E-state index contributed by atoms with van der Waals surface area (Å²) in [6, 6.07) is 13.1. The van der Waals surface area contributed by atoms with E-state index in [0.717, 1.165) is 27.6 Å². The summed E-state index contributed by atoms with van der Waals surface area (Å²) in [4.78, 5) is 50.0. The van der Waals surface area contributed by atoms with Crippen molar-refractivity contribution in [1.29, 1.82) is 0 Å². The molecule has 2 heterocycles. The van der Waals surface area contributed by atoms with E-state index in [2.05, 4.69) is 5.32 Å². The monoisotopic (exact) mass is 454 g/mol. The highest BCUT2D eigenvalue weighted by molar-refractivity contribution is 8.18. The Hall–Kier alpha value is -3.36. The Labute approximate surface area is 185 Å². The lowest BCUT2D eigenvalue weighted by molar-refractivity contribution is -0.127. The molecule has 0 saturated carbocycles. The number of carbonyl (C=O) groups excluding carboxylic acids is 3. The van der Waals surface area contributed by atoms with E-state index < -0.39 is 29.2 Å². The average Bonchev–Trinajstić information content (AvgIpc) is 2.96. The van der Waals surface area contributed by atoms with Crippen LogP contribution in [0.4, 0.5) is 10.5 Å². The van der Waals surface area contributed by atoms with Crippen molar-refractivity contribution in [2.75, 3.05) is 11.9 Å². The molecular formula is C22H15ClN2O5S. The van der Waals surface area contributed by atoms with Crippen LogP contribution in [0.1, 0.15) is 11.1 Å². The molecule has 3 aromatic rings. The van der Waals surface area contributed by atoms with E-state index in [1.165, 1.54) is 12.1 Å². The lowest BCUT2D eigenvalue weighted by atomic mass is 10.1. The van der Waals surface area contributed by atoms with Crippen molar-refractivity contribution in [2.45, 2.75) is 6.92 Å². The maximum atomic E-state index is 12.6. The molecule has 1 N–H and O–H groups in total. The molecule has 156 valence electrons. The number of hydrogen-bond donors (Lipinski definition) is 1. The van der Waals surface area contributed by atoms with Crippen molar-refractivity contribution in [3.05, 3.63) is 80.0 Å². The zero-order chi connectivity index (χ0) is 22.1. The Balaban J connectivity index is 1.47. The third-order valence-electron chi connectivity index (χ3n) is 4.58. The minimum absolute atomic E-state index is 0.225. The predicted molar refractivity (Wildman–Crippen MR) is 120 cm³/mol. The fraction of sp³-hybridized carbons (Fsp3) is 0.0909. The molecule has 7 nitrogen and oxygen atoms in total. The maximum Gasteiger partial charge on any atom is 0.336 e. The fourth-order valence-electron chi connectivity index (χ4n) is 3.09. The first-order chi connectivity index (χ1) is 14.8. The van der Waals surface area contributed by atoms with Crippen LogP contribution in [0.5, 0.6) is 0 Å². The lowest BCUT2D eigenvalue weighted by Crippen LogP contribution is -2.36. The molecule has 1 fully saturated rings. The predicted octanol–water partition coefficient (Wildman–Crippen LogP) is 4.43. The normalized spacial score (nSPS) is 15.2. The first kappa shape index (κ1) is 20.9. The Morgan fingerprint density at radius 1 is 1.13 bits per heavy atom. The zero-order valence-electron chi connectivity index (χ0n) is 16.2. The number of nitrogens with zero attached hydrogens (tertiary/aromatic N) is 1. The molecular weight excluding hydrogens is 440 g/mol. The van der Waals surface area contributed by atoms with Gasteiger partial charge in [0.05, 0.1) is 4.91 Å². The van der Waals surface area contributed by atoms with E-state index in [-0.39, 0.29) is 4.91 Å². The van der Waals surface area contributed by atoms with Crippen LogP contribution >= 0.6 is 23.4 Å². The van der Waals surface area contributed by atoms with Crippen LogP contribution in [-0.4, -0.2) is 28.5 Å². The summed E-state index contributed by atoms with van der Waals surface area (Å²) in [6.45, 7) is 1.35. The third-order valence-corrected chi connectivity index (χ3v) is 5.74. The van der Waals surface area contributed by atoms with Crippen LogP contribution in [0.3, 0.4) is 0 Å². The molecule has 0 aliphatic carbocycles. The summed E-state index contributed by atoms with van der Waals surface area (Å²) in [7, 11) is 0. The molecule has 3 amide bonds. The van der Waals surface area contributed by atoms with Gasteiger partial charge in [0.15, 0.2) is 0 Å². The Morgan fingerprint density at radius 3 is 2.61 bits per heavy atom. The van der Waals surface area contributed by atoms with Gasteiger partial charge in [-0.3, -0.25) is 19.3 Å². The molecule has 0 radical (unpaired) electrons. The number of rotatable bonds is 4. The first-order valence-electron chi connectivity index (χ1n) is 9.15. The molecule has 0 atom stereocenters. The first-order valence-corrected chi connectivity index (χ1v) is 10.3. The second-order valence-corrected chi connectivity index (χ2v) is 8.26. The number of hydrogen-bond acceptors (Lipinski definition) is 6. The van der Waals surface area contributed by atoms with Gasteiger partial charge in [0.2, 0.25) is 5.91 Å². The van der Waals surface area contributed by atoms with Crippen LogP contribution in [-0.2, 0) is 9.59 Å². The summed E-state index contributed by atoms with van der Waals surface area (Å²) in [5.74, 6) is -1.09. The Bertz CT molecular complexity index is 1310. The van der Waals surface area contributed by atoms with Gasteiger partial charge in [-0.25, -0.2) is 4.79 Å². The Kier molecular flexibility index (Phi) is 5.67. The molecule has 1 saturated heterocycles. The van der Waals surface area contributed by atoms with E-state index in [9.17, 15) is 19.2 Å². The molecule has 2 aromatic carbocycles. The van der Waals surface area contributed by atoms with Crippen molar-refractivity contribution in [1.82, 2.24) is 4.90 Å². The number of benzene rings is 2. The molecule has 1 aliphatic rings. The van der Waals surface area contributed by atoms with Crippen LogP contribution in [0.15, 0.2) is 62.6 Å². The SMILES string of the molecule is Cc1cc(=O)oc2cc(NC(=O)CN3C(=O)S/C(=C\c4ccc(Cl)cc4)C3=O)ccc12. The van der Waals surface area contributed by atoms with Gasteiger partial charge >= 0.3 is 5.63 Å². The topological polar surface area (TPSA) is 96.7 Å². The van der Waals surface area contributed by atoms with Gasteiger partial charge < -0.3 is 9.73 Å². The smallest absolute Gasteiger partial charge is 0.336 e. The van der Waals surface area contributed by atoms with Gasteiger partial charge in [-0.2, -0.15) is 0 Å². The minimum Gasteiger partial charge on any atom is -0.423 e. The van der Waals surface area contributed by atoms with Crippen molar-refractivity contribution >= 4 is 63.1 Å². The van der Waals surface area contributed by atoms with Gasteiger partial charge in [0, 0.05) is 28.2 Å². The summed E-state index contributed by atoms with van der Waals surface area (Å²) < 4.78 is 5.17. The number of fused-ring (bicyclic) bond motifs is 1. The fourth-order valence-corrected chi connectivity index (χ4v) is 4.06.